The summed E-state index contributed by atoms with van der Waals surface area (Å²) in [6, 6.07) is 0. The second kappa shape index (κ2) is 4.57. The van der Waals surface area contributed by atoms with Crippen molar-refractivity contribution in [2.75, 3.05) is 25.9 Å². The molecule has 0 heterocycles. The van der Waals surface area contributed by atoms with Gasteiger partial charge in [0.15, 0.2) is 0 Å². The Kier molecular flexibility index (Phi) is 4.96. The molecule has 0 aliphatic carbocycles. The van der Waals surface area contributed by atoms with E-state index in [4.69, 9.17) is 11.3 Å². The van der Waals surface area contributed by atoms with Crippen molar-refractivity contribution in [1.82, 2.24) is 0 Å². The van der Waals surface area contributed by atoms with Crippen molar-refractivity contribution in [1.29, 1.82) is 0 Å². The van der Waals surface area contributed by atoms with Crippen LogP contribution in [0, 0.1) is 0 Å². The van der Waals surface area contributed by atoms with Crippen LogP contribution >= 0.6 is 12.6 Å². The molecule has 0 saturated carbocycles. The molecule has 0 saturated heterocycles. The van der Waals surface area contributed by atoms with Gasteiger partial charge in [-0.3, -0.25) is 0 Å². The average Bonchev–Trinajstić information content (AvgIpc) is 1.95. The Bertz CT molecular complexity index is 58.7. The van der Waals surface area contributed by atoms with Crippen LogP contribution in [0.1, 0.15) is 0 Å². The standard InChI is InChI=1S/C4H12GeO3S/c1-6-5(4-9,7-2)8-3/h9H,4H2,1-3H3. The first-order valence-electron chi connectivity index (χ1n) is 2.51. The molecule has 0 unspecified atom stereocenters. The summed E-state index contributed by atoms with van der Waals surface area (Å²) in [5.41, 5.74) is 0. The normalized spacial score (nSPS) is 12.0. The zero-order chi connectivity index (χ0) is 7.33. The van der Waals surface area contributed by atoms with Gasteiger partial charge in [0, 0.05) is 0 Å². The zero-order valence-corrected chi connectivity index (χ0v) is 8.87. The molecule has 0 fully saturated rings. The molecule has 0 spiro atoms. The summed E-state index contributed by atoms with van der Waals surface area (Å²) in [6.07, 6.45) is 0. The van der Waals surface area contributed by atoms with Gasteiger partial charge in [0.05, 0.1) is 0 Å². The Labute approximate surface area is 64.5 Å². The van der Waals surface area contributed by atoms with Crippen molar-refractivity contribution in [3.05, 3.63) is 0 Å². The average molecular weight is 213 g/mol. The zero-order valence-electron chi connectivity index (χ0n) is 5.88. The van der Waals surface area contributed by atoms with E-state index in [1.54, 1.807) is 21.3 Å². The molecule has 0 rings (SSSR count). The van der Waals surface area contributed by atoms with Crippen molar-refractivity contribution in [3.8, 4) is 0 Å². The molecular weight excluding hydrogens is 201 g/mol. The number of rotatable bonds is 4. The van der Waals surface area contributed by atoms with Crippen molar-refractivity contribution in [2.24, 2.45) is 0 Å². The number of hydrogen-bond acceptors (Lipinski definition) is 4. The quantitative estimate of drug-likeness (QED) is 0.538. The Morgan fingerprint density at radius 1 is 1.11 bits per heavy atom. The predicted octanol–water partition coefficient (Wildman–Crippen LogP) is 0.333. The van der Waals surface area contributed by atoms with Gasteiger partial charge >= 0.3 is 64.1 Å². The van der Waals surface area contributed by atoms with E-state index in [-0.39, 0.29) is 0 Å². The maximum atomic E-state index is 5.05. The summed E-state index contributed by atoms with van der Waals surface area (Å²) in [5.74, 6) is 0. The Hall–Kier alpha value is 0.773. The van der Waals surface area contributed by atoms with Gasteiger partial charge < -0.3 is 0 Å². The molecule has 0 aromatic carbocycles. The Morgan fingerprint density at radius 2 is 1.44 bits per heavy atom. The van der Waals surface area contributed by atoms with Gasteiger partial charge in [0.1, 0.15) is 0 Å². The van der Waals surface area contributed by atoms with Crippen LogP contribution in [0.15, 0.2) is 0 Å². The van der Waals surface area contributed by atoms with E-state index in [1.807, 2.05) is 0 Å². The molecule has 0 aliphatic rings. The molecule has 0 atom stereocenters. The van der Waals surface area contributed by atoms with Crippen LogP contribution < -0.4 is 0 Å². The van der Waals surface area contributed by atoms with Crippen LogP contribution in [-0.4, -0.2) is 40.2 Å². The molecule has 0 aromatic rings. The molecule has 3 nitrogen and oxygen atoms in total. The van der Waals surface area contributed by atoms with Crippen LogP contribution in [-0.2, 0) is 11.3 Å². The minimum absolute atomic E-state index is 0.559. The molecule has 56 valence electrons. The third-order valence-electron chi connectivity index (χ3n) is 1.13. The fourth-order valence-electron chi connectivity index (χ4n) is 0.444. The van der Waals surface area contributed by atoms with E-state index in [0.29, 0.717) is 4.59 Å². The van der Waals surface area contributed by atoms with Crippen molar-refractivity contribution in [2.45, 2.75) is 0 Å². The second-order valence-electron chi connectivity index (χ2n) is 1.45. The molecular formula is C4H12GeO3S. The molecule has 5 heteroatoms. The topological polar surface area (TPSA) is 27.7 Å². The third kappa shape index (κ3) is 2.47. The second-order valence-corrected chi connectivity index (χ2v) is 9.20. The fraction of sp³-hybridized carbons (Fsp3) is 1.00. The van der Waals surface area contributed by atoms with Crippen molar-refractivity contribution < 1.29 is 11.3 Å². The van der Waals surface area contributed by atoms with E-state index >= 15 is 0 Å². The van der Waals surface area contributed by atoms with Crippen LogP contribution in [0.3, 0.4) is 0 Å². The fourth-order valence-corrected chi connectivity index (χ4v) is 4.32. The number of thiol groups is 1. The first-order chi connectivity index (χ1) is 4.24. The SMILES string of the molecule is C[O][Ge]([CH2]S)([O]C)[O]C. The molecule has 0 amide bonds. The summed E-state index contributed by atoms with van der Waals surface area (Å²) in [7, 11) is 4.76. The summed E-state index contributed by atoms with van der Waals surface area (Å²) in [5, 5.41) is 0. The predicted molar refractivity (Wildman–Crippen MR) is 40.6 cm³/mol. The van der Waals surface area contributed by atoms with Gasteiger partial charge in [-0.25, -0.2) is 0 Å². The maximum absolute atomic E-state index is 5.05. The van der Waals surface area contributed by atoms with Crippen LogP contribution in [0.25, 0.3) is 0 Å². The summed E-state index contributed by atoms with van der Waals surface area (Å²) >= 11 is 1.25. The Morgan fingerprint density at radius 3 is 1.44 bits per heavy atom. The summed E-state index contributed by atoms with van der Waals surface area (Å²) in [4.78, 5) is 0. The molecule has 0 bridgehead atoms. The van der Waals surface area contributed by atoms with E-state index in [0.717, 1.165) is 0 Å². The van der Waals surface area contributed by atoms with E-state index < -0.39 is 14.3 Å². The monoisotopic (exact) mass is 214 g/mol. The van der Waals surface area contributed by atoms with Gasteiger partial charge in [-0.05, 0) is 0 Å². The van der Waals surface area contributed by atoms with Crippen molar-refractivity contribution in [3.63, 3.8) is 0 Å². The summed E-state index contributed by atoms with van der Waals surface area (Å²) in [6.45, 7) is 0. The van der Waals surface area contributed by atoms with Gasteiger partial charge in [0.2, 0.25) is 0 Å². The van der Waals surface area contributed by atoms with Crippen molar-refractivity contribution >= 4 is 26.9 Å². The van der Waals surface area contributed by atoms with Crippen LogP contribution in [0.2, 0.25) is 0 Å². The first kappa shape index (κ1) is 9.77. The van der Waals surface area contributed by atoms with E-state index in [1.165, 1.54) is 0 Å². The van der Waals surface area contributed by atoms with E-state index in [9.17, 15) is 0 Å². The molecule has 0 N–H and O–H groups in total. The first-order valence-corrected chi connectivity index (χ1v) is 7.19. The van der Waals surface area contributed by atoms with Crippen LogP contribution in [0.4, 0.5) is 0 Å². The van der Waals surface area contributed by atoms with Gasteiger partial charge in [-0.15, -0.1) is 0 Å². The minimum atomic E-state index is -2.80. The molecule has 9 heavy (non-hydrogen) atoms. The third-order valence-corrected chi connectivity index (χ3v) is 7.87. The molecule has 0 aromatic heterocycles. The Balaban J connectivity index is 3.82. The number of hydrogen-bond donors (Lipinski definition) is 1. The van der Waals surface area contributed by atoms with E-state index in [2.05, 4.69) is 12.6 Å². The van der Waals surface area contributed by atoms with Gasteiger partial charge in [0.25, 0.3) is 0 Å². The molecule has 0 radical (unpaired) electrons. The van der Waals surface area contributed by atoms with Gasteiger partial charge in [-0.2, -0.15) is 0 Å². The van der Waals surface area contributed by atoms with Gasteiger partial charge in [-0.1, -0.05) is 0 Å². The molecule has 0 aliphatic heterocycles. The van der Waals surface area contributed by atoms with Crippen LogP contribution in [0.5, 0.6) is 0 Å². The summed E-state index contributed by atoms with van der Waals surface area (Å²) < 4.78 is 15.7.